The minimum atomic E-state index is -0.0904. The average molecular weight is 402 g/mol. The first-order valence-corrected chi connectivity index (χ1v) is 7.77. The van der Waals surface area contributed by atoms with Crippen molar-refractivity contribution in [2.24, 2.45) is 5.92 Å². The lowest BCUT2D eigenvalue weighted by molar-refractivity contribution is 0.151. The van der Waals surface area contributed by atoms with Gasteiger partial charge in [0.25, 0.3) is 0 Å². The Morgan fingerprint density at radius 1 is 1.24 bits per heavy atom. The molecule has 1 aromatic carbocycles. The summed E-state index contributed by atoms with van der Waals surface area (Å²) in [6.45, 7) is 8.36. The molecule has 0 bridgehead atoms. The van der Waals surface area contributed by atoms with Crippen LogP contribution < -0.4 is 5.32 Å². The third-order valence-electron chi connectivity index (χ3n) is 3.60. The molecular weight excluding hydrogens is 378 g/mol. The van der Waals surface area contributed by atoms with Crippen LogP contribution in [-0.2, 0) is 0 Å². The minimum absolute atomic E-state index is 0. The van der Waals surface area contributed by atoms with Crippen LogP contribution in [0.5, 0.6) is 0 Å². The number of benzene rings is 1. The monoisotopic (exact) mass is 400 g/mol. The van der Waals surface area contributed by atoms with Crippen LogP contribution in [0.15, 0.2) is 22.7 Å². The maximum Gasteiger partial charge on any atom is 0.128 e. The second kappa shape index (κ2) is 10.0. The van der Waals surface area contributed by atoms with E-state index in [1.54, 1.807) is 12.1 Å². The third-order valence-corrected chi connectivity index (χ3v) is 4.10. The molecule has 1 aliphatic rings. The summed E-state index contributed by atoms with van der Waals surface area (Å²) < 4.78 is 15.1. The van der Waals surface area contributed by atoms with E-state index in [0.29, 0.717) is 5.92 Å². The second-order valence-corrected chi connectivity index (χ2v) is 6.51. The summed E-state index contributed by atoms with van der Waals surface area (Å²) in [5.41, 5.74) is 0.824. The van der Waals surface area contributed by atoms with Gasteiger partial charge in [0, 0.05) is 42.3 Å². The third kappa shape index (κ3) is 6.03. The number of halogens is 4. The van der Waals surface area contributed by atoms with Crippen LogP contribution >= 0.6 is 40.7 Å². The van der Waals surface area contributed by atoms with Gasteiger partial charge < -0.3 is 5.32 Å². The number of hydrogen-bond donors (Lipinski definition) is 1. The Hall–Kier alpha value is 0.130. The highest BCUT2D eigenvalue weighted by molar-refractivity contribution is 9.10. The Morgan fingerprint density at radius 3 is 2.43 bits per heavy atom. The highest BCUT2D eigenvalue weighted by Crippen LogP contribution is 2.31. The van der Waals surface area contributed by atoms with Gasteiger partial charge in [0.15, 0.2) is 0 Å². The van der Waals surface area contributed by atoms with E-state index in [0.717, 1.165) is 42.6 Å². The number of nitrogens with one attached hydrogen (secondary N) is 1. The van der Waals surface area contributed by atoms with E-state index in [1.807, 2.05) is 6.07 Å². The number of rotatable bonds is 4. The average Bonchev–Trinajstić information content (AvgIpc) is 2.40. The van der Waals surface area contributed by atoms with E-state index in [9.17, 15) is 4.39 Å². The molecule has 122 valence electrons. The molecule has 0 aromatic heterocycles. The van der Waals surface area contributed by atoms with Crippen molar-refractivity contribution in [2.75, 3.05) is 26.2 Å². The van der Waals surface area contributed by atoms with Crippen molar-refractivity contribution in [1.82, 2.24) is 10.2 Å². The van der Waals surface area contributed by atoms with Gasteiger partial charge in [0.2, 0.25) is 0 Å². The second-order valence-electron chi connectivity index (χ2n) is 5.60. The molecule has 1 aromatic rings. The van der Waals surface area contributed by atoms with Gasteiger partial charge in [0.05, 0.1) is 0 Å². The molecule has 2 rings (SSSR count). The maximum absolute atomic E-state index is 14.2. The Kier molecular flexibility index (Phi) is 10.1. The highest BCUT2D eigenvalue weighted by atomic mass is 79.9. The summed E-state index contributed by atoms with van der Waals surface area (Å²) in [4.78, 5) is 2.40. The van der Waals surface area contributed by atoms with Crippen molar-refractivity contribution >= 4 is 40.7 Å². The van der Waals surface area contributed by atoms with Crippen LogP contribution in [0.3, 0.4) is 0 Å². The fourth-order valence-corrected chi connectivity index (χ4v) is 3.06. The summed E-state index contributed by atoms with van der Waals surface area (Å²) in [7, 11) is 0. The zero-order chi connectivity index (χ0) is 13.8. The summed E-state index contributed by atoms with van der Waals surface area (Å²) in [5, 5.41) is 3.36. The standard InChI is InChI=1S/C15H22BrFN2.2ClH/c1-11(2)9-15(19-7-5-18-6-8-19)13-10-12(16)3-4-14(13)17;;/h3-4,10-11,15,18H,5-9H2,1-2H3;2*1H/t15-;;/m1../s1. The topological polar surface area (TPSA) is 15.3 Å². The Morgan fingerprint density at radius 2 is 1.86 bits per heavy atom. The quantitative estimate of drug-likeness (QED) is 0.802. The van der Waals surface area contributed by atoms with Crippen LogP contribution in [0, 0.1) is 11.7 Å². The molecule has 0 amide bonds. The number of piperazine rings is 1. The van der Waals surface area contributed by atoms with Gasteiger partial charge in [-0.1, -0.05) is 29.8 Å². The van der Waals surface area contributed by atoms with E-state index in [2.05, 4.69) is 40.0 Å². The smallest absolute Gasteiger partial charge is 0.128 e. The Balaban J connectivity index is 0.00000200. The predicted octanol–water partition coefficient (Wildman–Crippen LogP) is 4.42. The summed E-state index contributed by atoms with van der Waals surface area (Å²) >= 11 is 3.46. The zero-order valence-electron chi connectivity index (χ0n) is 12.4. The lowest BCUT2D eigenvalue weighted by Gasteiger charge is -2.36. The van der Waals surface area contributed by atoms with Crippen LogP contribution in [0.4, 0.5) is 4.39 Å². The fourth-order valence-electron chi connectivity index (χ4n) is 2.68. The van der Waals surface area contributed by atoms with Crippen molar-refractivity contribution in [3.05, 3.63) is 34.1 Å². The summed E-state index contributed by atoms with van der Waals surface area (Å²) in [6, 6.07) is 5.45. The molecule has 1 atom stereocenters. The SMILES string of the molecule is CC(C)C[C@H](c1cc(Br)ccc1F)N1CCNCC1.Cl.Cl. The Bertz CT molecular complexity index is 426. The van der Waals surface area contributed by atoms with Gasteiger partial charge in [0.1, 0.15) is 5.82 Å². The van der Waals surface area contributed by atoms with E-state index in [-0.39, 0.29) is 36.7 Å². The van der Waals surface area contributed by atoms with Gasteiger partial charge in [-0.2, -0.15) is 0 Å². The molecule has 0 radical (unpaired) electrons. The van der Waals surface area contributed by atoms with E-state index in [1.165, 1.54) is 0 Å². The van der Waals surface area contributed by atoms with Crippen LogP contribution in [0.25, 0.3) is 0 Å². The molecule has 2 nitrogen and oxygen atoms in total. The number of nitrogens with zero attached hydrogens (tertiary/aromatic N) is 1. The lowest BCUT2D eigenvalue weighted by Crippen LogP contribution is -2.45. The first-order valence-electron chi connectivity index (χ1n) is 6.97. The van der Waals surface area contributed by atoms with Crippen molar-refractivity contribution in [2.45, 2.75) is 26.3 Å². The first-order chi connectivity index (χ1) is 9.08. The molecule has 1 aliphatic heterocycles. The van der Waals surface area contributed by atoms with E-state index in [4.69, 9.17) is 0 Å². The van der Waals surface area contributed by atoms with Gasteiger partial charge in [-0.25, -0.2) is 4.39 Å². The van der Waals surface area contributed by atoms with Crippen molar-refractivity contribution in [1.29, 1.82) is 0 Å². The molecule has 1 heterocycles. The van der Waals surface area contributed by atoms with E-state index < -0.39 is 0 Å². The van der Waals surface area contributed by atoms with Crippen molar-refractivity contribution in [3.8, 4) is 0 Å². The lowest BCUT2D eigenvalue weighted by atomic mass is 9.94. The van der Waals surface area contributed by atoms with Gasteiger partial charge in [-0.05, 0) is 30.5 Å². The van der Waals surface area contributed by atoms with Crippen LogP contribution in [0.1, 0.15) is 31.9 Å². The van der Waals surface area contributed by atoms with Gasteiger partial charge in [-0.15, -0.1) is 24.8 Å². The van der Waals surface area contributed by atoms with Gasteiger partial charge >= 0.3 is 0 Å². The normalized spacial score (nSPS) is 17.0. The van der Waals surface area contributed by atoms with E-state index >= 15 is 0 Å². The molecule has 21 heavy (non-hydrogen) atoms. The Labute approximate surface area is 147 Å². The highest BCUT2D eigenvalue weighted by Gasteiger charge is 2.25. The molecule has 0 aliphatic carbocycles. The molecule has 0 spiro atoms. The molecule has 1 saturated heterocycles. The van der Waals surface area contributed by atoms with Crippen molar-refractivity contribution < 1.29 is 4.39 Å². The zero-order valence-corrected chi connectivity index (χ0v) is 15.7. The number of hydrogen-bond acceptors (Lipinski definition) is 2. The first kappa shape index (κ1) is 21.1. The van der Waals surface area contributed by atoms with Crippen LogP contribution in [0.2, 0.25) is 0 Å². The molecule has 6 heteroatoms. The molecule has 1 N–H and O–H groups in total. The predicted molar refractivity (Wildman–Crippen MR) is 95.2 cm³/mol. The fraction of sp³-hybridized carbons (Fsp3) is 0.600. The molecule has 0 unspecified atom stereocenters. The summed E-state index contributed by atoms with van der Waals surface area (Å²) in [5.74, 6) is 0.464. The molecular formula is C15H24BrCl2FN2. The molecule has 1 fully saturated rings. The largest absolute Gasteiger partial charge is 0.314 e. The summed E-state index contributed by atoms with van der Waals surface area (Å²) in [6.07, 6.45) is 0.993. The van der Waals surface area contributed by atoms with Crippen LogP contribution in [-0.4, -0.2) is 31.1 Å². The van der Waals surface area contributed by atoms with Gasteiger partial charge in [-0.3, -0.25) is 4.90 Å². The minimum Gasteiger partial charge on any atom is -0.314 e. The molecule has 0 saturated carbocycles. The van der Waals surface area contributed by atoms with Crippen molar-refractivity contribution in [3.63, 3.8) is 0 Å². The maximum atomic E-state index is 14.2.